The molecule has 0 saturated heterocycles. The summed E-state index contributed by atoms with van der Waals surface area (Å²) in [6.07, 6.45) is 10.2. The van der Waals surface area contributed by atoms with Gasteiger partial charge >= 0.3 is 6.16 Å². The van der Waals surface area contributed by atoms with Gasteiger partial charge in [0, 0.05) is 0 Å². The van der Waals surface area contributed by atoms with Crippen LogP contribution in [0, 0.1) is 23.2 Å². The standard InChI is InChI=1S/C13H18O3/c14-12(15)16-2-1-13-6-9-3-10(7-13)5-11(4-9)8-13/h1-2,9-11H,3-8H2,(H,14,15). The molecular weight excluding hydrogens is 204 g/mol. The largest absolute Gasteiger partial charge is 0.510 e. The topological polar surface area (TPSA) is 46.5 Å². The number of ether oxygens (including phenoxy) is 1. The summed E-state index contributed by atoms with van der Waals surface area (Å²) < 4.78 is 4.52. The van der Waals surface area contributed by atoms with Crippen molar-refractivity contribution in [3.63, 3.8) is 0 Å². The van der Waals surface area contributed by atoms with Gasteiger partial charge < -0.3 is 9.84 Å². The second-order valence-corrected chi connectivity index (χ2v) is 5.97. The Morgan fingerprint density at radius 2 is 1.62 bits per heavy atom. The first-order chi connectivity index (χ1) is 7.65. The molecule has 0 spiro atoms. The molecule has 4 bridgehead atoms. The Bertz CT molecular complexity index is 297. The zero-order chi connectivity index (χ0) is 11.2. The molecule has 0 atom stereocenters. The second kappa shape index (κ2) is 3.51. The first-order valence-corrected chi connectivity index (χ1v) is 6.22. The summed E-state index contributed by atoms with van der Waals surface area (Å²) in [6.45, 7) is 0. The van der Waals surface area contributed by atoms with Crippen molar-refractivity contribution in [2.45, 2.75) is 38.5 Å². The summed E-state index contributed by atoms with van der Waals surface area (Å²) in [5.41, 5.74) is 0.268. The molecule has 1 N–H and O–H groups in total. The lowest BCUT2D eigenvalue weighted by Crippen LogP contribution is -2.45. The minimum atomic E-state index is -1.21. The minimum absolute atomic E-state index is 0.268. The van der Waals surface area contributed by atoms with Gasteiger partial charge in [-0.25, -0.2) is 4.79 Å². The molecule has 4 fully saturated rings. The van der Waals surface area contributed by atoms with Crippen LogP contribution >= 0.6 is 0 Å². The van der Waals surface area contributed by atoms with Gasteiger partial charge in [-0.05, 0) is 67.8 Å². The Balaban J connectivity index is 1.73. The smallest absolute Gasteiger partial charge is 0.449 e. The van der Waals surface area contributed by atoms with Gasteiger partial charge in [0.05, 0.1) is 6.26 Å². The molecule has 0 heterocycles. The highest BCUT2D eigenvalue weighted by molar-refractivity contribution is 5.57. The van der Waals surface area contributed by atoms with E-state index >= 15 is 0 Å². The van der Waals surface area contributed by atoms with E-state index in [1.807, 2.05) is 6.08 Å². The summed E-state index contributed by atoms with van der Waals surface area (Å²) in [6, 6.07) is 0. The Morgan fingerprint density at radius 1 is 1.12 bits per heavy atom. The van der Waals surface area contributed by atoms with Crippen LogP contribution in [-0.2, 0) is 4.74 Å². The fourth-order valence-corrected chi connectivity index (χ4v) is 4.62. The molecule has 3 heteroatoms. The molecule has 4 aliphatic rings. The highest BCUT2D eigenvalue weighted by atomic mass is 16.7. The SMILES string of the molecule is O=C(O)OC=CC12CC3CC(CC(C3)C1)C2. The van der Waals surface area contributed by atoms with Crippen molar-refractivity contribution in [1.82, 2.24) is 0 Å². The number of hydrogen-bond acceptors (Lipinski definition) is 2. The monoisotopic (exact) mass is 222 g/mol. The number of hydrogen-bond donors (Lipinski definition) is 1. The lowest BCUT2D eigenvalue weighted by Gasteiger charge is -2.55. The predicted molar refractivity (Wildman–Crippen MR) is 58.9 cm³/mol. The van der Waals surface area contributed by atoms with Crippen molar-refractivity contribution in [3.05, 3.63) is 12.3 Å². The molecule has 4 saturated carbocycles. The fraction of sp³-hybridized carbons (Fsp3) is 0.769. The predicted octanol–water partition coefficient (Wildman–Crippen LogP) is 3.41. The molecular formula is C13H18O3. The lowest BCUT2D eigenvalue weighted by atomic mass is 9.50. The second-order valence-electron chi connectivity index (χ2n) is 5.97. The third-order valence-electron chi connectivity index (χ3n) is 4.68. The highest BCUT2D eigenvalue weighted by Crippen LogP contribution is 2.60. The average Bonchev–Trinajstić information content (AvgIpc) is 2.13. The van der Waals surface area contributed by atoms with E-state index in [0.717, 1.165) is 17.8 Å². The number of carbonyl (C=O) groups is 1. The van der Waals surface area contributed by atoms with Crippen LogP contribution in [0.4, 0.5) is 4.79 Å². The van der Waals surface area contributed by atoms with Gasteiger partial charge in [0.1, 0.15) is 0 Å². The first kappa shape index (κ1) is 10.2. The highest BCUT2D eigenvalue weighted by Gasteiger charge is 2.49. The zero-order valence-corrected chi connectivity index (χ0v) is 9.39. The van der Waals surface area contributed by atoms with Crippen molar-refractivity contribution < 1.29 is 14.6 Å². The molecule has 0 unspecified atom stereocenters. The van der Waals surface area contributed by atoms with Crippen molar-refractivity contribution in [2.24, 2.45) is 23.2 Å². The Labute approximate surface area is 95.5 Å². The molecule has 0 aliphatic heterocycles. The van der Waals surface area contributed by atoms with E-state index in [2.05, 4.69) is 4.74 Å². The van der Waals surface area contributed by atoms with Crippen LogP contribution in [0.5, 0.6) is 0 Å². The van der Waals surface area contributed by atoms with E-state index in [-0.39, 0.29) is 5.41 Å². The molecule has 16 heavy (non-hydrogen) atoms. The summed E-state index contributed by atoms with van der Waals surface area (Å²) in [7, 11) is 0. The number of allylic oxidation sites excluding steroid dienone is 1. The maximum absolute atomic E-state index is 10.3. The molecule has 3 nitrogen and oxygen atoms in total. The third kappa shape index (κ3) is 1.72. The Hall–Kier alpha value is -0.990. The maximum Gasteiger partial charge on any atom is 0.510 e. The van der Waals surface area contributed by atoms with Gasteiger partial charge in [0.25, 0.3) is 0 Å². The molecule has 0 radical (unpaired) electrons. The lowest BCUT2D eigenvalue weighted by molar-refractivity contribution is -0.0248. The molecule has 0 aromatic rings. The van der Waals surface area contributed by atoms with E-state index in [9.17, 15) is 4.79 Å². The summed E-state index contributed by atoms with van der Waals surface area (Å²) in [4.78, 5) is 10.3. The van der Waals surface area contributed by atoms with Crippen LogP contribution in [0.25, 0.3) is 0 Å². The van der Waals surface area contributed by atoms with Gasteiger partial charge in [-0.15, -0.1) is 0 Å². The van der Waals surface area contributed by atoms with Crippen LogP contribution in [0.3, 0.4) is 0 Å². The van der Waals surface area contributed by atoms with E-state index < -0.39 is 6.16 Å². The third-order valence-corrected chi connectivity index (χ3v) is 4.68. The molecule has 0 aromatic heterocycles. The normalized spacial score (nSPS) is 45.1. The molecule has 88 valence electrons. The van der Waals surface area contributed by atoms with Crippen LogP contribution < -0.4 is 0 Å². The van der Waals surface area contributed by atoms with Gasteiger partial charge in [0.2, 0.25) is 0 Å². The molecule has 0 amide bonds. The average molecular weight is 222 g/mol. The minimum Gasteiger partial charge on any atom is -0.449 e. The maximum atomic E-state index is 10.3. The Kier molecular flexibility index (Phi) is 2.23. The number of rotatable bonds is 2. The van der Waals surface area contributed by atoms with Crippen molar-refractivity contribution in [3.8, 4) is 0 Å². The van der Waals surface area contributed by atoms with E-state index in [0.29, 0.717) is 0 Å². The molecule has 4 aliphatic carbocycles. The van der Waals surface area contributed by atoms with Crippen molar-refractivity contribution in [1.29, 1.82) is 0 Å². The van der Waals surface area contributed by atoms with Crippen molar-refractivity contribution >= 4 is 6.16 Å². The Morgan fingerprint density at radius 3 is 2.06 bits per heavy atom. The van der Waals surface area contributed by atoms with Crippen LogP contribution in [0.2, 0.25) is 0 Å². The molecule has 4 rings (SSSR count). The van der Waals surface area contributed by atoms with Crippen molar-refractivity contribution in [2.75, 3.05) is 0 Å². The summed E-state index contributed by atoms with van der Waals surface area (Å²) >= 11 is 0. The van der Waals surface area contributed by atoms with Crippen LogP contribution in [0.1, 0.15) is 38.5 Å². The zero-order valence-electron chi connectivity index (χ0n) is 9.39. The fourth-order valence-electron chi connectivity index (χ4n) is 4.62. The summed E-state index contributed by atoms with van der Waals surface area (Å²) in [5.74, 6) is 2.67. The van der Waals surface area contributed by atoms with Crippen LogP contribution in [0.15, 0.2) is 12.3 Å². The quantitative estimate of drug-likeness (QED) is 0.575. The first-order valence-electron chi connectivity index (χ1n) is 6.22. The van der Waals surface area contributed by atoms with Gasteiger partial charge in [-0.3, -0.25) is 0 Å². The van der Waals surface area contributed by atoms with E-state index in [4.69, 9.17) is 5.11 Å². The summed E-state index contributed by atoms with van der Waals surface area (Å²) in [5, 5.41) is 8.45. The van der Waals surface area contributed by atoms with E-state index in [1.165, 1.54) is 44.8 Å². The van der Waals surface area contributed by atoms with Crippen LogP contribution in [-0.4, -0.2) is 11.3 Å². The van der Waals surface area contributed by atoms with Gasteiger partial charge in [-0.1, -0.05) is 0 Å². The molecule has 0 aromatic carbocycles. The van der Waals surface area contributed by atoms with Gasteiger partial charge in [-0.2, -0.15) is 0 Å². The number of carboxylic acid groups (broad SMARTS) is 1. The van der Waals surface area contributed by atoms with Gasteiger partial charge in [0.15, 0.2) is 0 Å². The van der Waals surface area contributed by atoms with E-state index in [1.54, 1.807) is 0 Å².